The van der Waals surface area contributed by atoms with E-state index in [1.54, 1.807) is 13.3 Å². The van der Waals surface area contributed by atoms with Crippen LogP contribution in [0.3, 0.4) is 0 Å². The smallest absolute Gasteiger partial charge is 0.222 e. The Labute approximate surface area is 116 Å². The molecule has 0 N–H and O–H groups in total. The van der Waals surface area contributed by atoms with E-state index in [1.807, 2.05) is 0 Å². The van der Waals surface area contributed by atoms with Gasteiger partial charge in [0.05, 0.1) is 18.7 Å². The summed E-state index contributed by atoms with van der Waals surface area (Å²) in [6.07, 6.45) is 8.10. The molecule has 4 heteroatoms. The van der Waals surface area contributed by atoms with Crippen LogP contribution in [0.4, 0.5) is 0 Å². The molecule has 3 nitrogen and oxygen atoms in total. The van der Waals surface area contributed by atoms with Crippen molar-refractivity contribution in [2.45, 2.75) is 38.1 Å². The molecule has 0 bridgehead atoms. The standard InChI is InChI=1S/C14H17BrN2O/c1-18-14-11(7-10(15)8-16-14)13-6-9-4-2-3-5-12(9)17-13/h7-9,12H,2-6H2,1H3/t9-,12+/m0/s1. The number of hydrogen-bond donors (Lipinski definition) is 0. The summed E-state index contributed by atoms with van der Waals surface area (Å²) in [6, 6.07) is 2.61. The summed E-state index contributed by atoms with van der Waals surface area (Å²) in [5, 5.41) is 0. The zero-order valence-corrected chi connectivity index (χ0v) is 12.1. The van der Waals surface area contributed by atoms with Gasteiger partial charge in [-0.25, -0.2) is 4.98 Å². The number of aliphatic imine (C=N–C) groups is 1. The Balaban J connectivity index is 1.93. The number of ether oxygens (including phenoxy) is 1. The van der Waals surface area contributed by atoms with Gasteiger partial charge in [0.15, 0.2) is 0 Å². The van der Waals surface area contributed by atoms with Gasteiger partial charge < -0.3 is 4.74 Å². The van der Waals surface area contributed by atoms with Gasteiger partial charge in [0.25, 0.3) is 0 Å². The van der Waals surface area contributed by atoms with Crippen LogP contribution in [0.2, 0.25) is 0 Å². The second-order valence-corrected chi connectivity index (χ2v) is 6.02. The van der Waals surface area contributed by atoms with E-state index in [2.05, 4.69) is 27.0 Å². The normalized spacial score (nSPS) is 26.7. The molecule has 0 radical (unpaired) electrons. The van der Waals surface area contributed by atoms with Crippen molar-refractivity contribution in [1.29, 1.82) is 0 Å². The van der Waals surface area contributed by atoms with Gasteiger partial charge in [0.2, 0.25) is 5.88 Å². The van der Waals surface area contributed by atoms with Crippen molar-refractivity contribution in [3.63, 3.8) is 0 Å². The molecule has 2 atom stereocenters. The Hall–Kier alpha value is -0.900. The third-order valence-corrected chi connectivity index (χ3v) is 4.40. The van der Waals surface area contributed by atoms with Crippen molar-refractivity contribution in [1.82, 2.24) is 4.98 Å². The molecule has 0 unspecified atom stereocenters. The van der Waals surface area contributed by atoms with Crippen LogP contribution < -0.4 is 4.74 Å². The van der Waals surface area contributed by atoms with Gasteiger partial charge in [-0.15, -0.1) is 0 Å². The number of halogens is 1. The van der Waals surface area contributed by atoms with E-state index in [-0.39, 0.29) is 0 Å². The van der Waals surface area contributed by atoms with Crippen molar-refractivity contribution in [2.24, 2.45) is 10.9 Å². The summed E-state index contributed by atoms with van der Waals surface area (Å²) in [5.74, 6) is 1.44. The van der Waals surface area contributed by atoms with Gasteiger partial charge in [0, 0.05) is 16.4 Å². The number of methoxy groups -OCH3 is 1. The minimum atomic E-state index is 0.539. The minimum Gasteiger partial charge on any atom is -0.481 e. The topological polar surface area (TPSA) is 34.5 Å². The van der Waals surface area contributed by atoms with Gasteiger partial charge in [-0.05, 0) is 47.2 Å². The Bertz CT molecular complexity index is 487. The molecule has 1 aliphatic carbocycles. The van der Waals surface area contributed by atoms with E-state index in [4.69, 9.17) is 9.73 Å². The first-order chi connectivity index (χ1) is 8.78. The molecule has 0 saturated heterocycles. The van der Waals surface area contributed by atoms with Crippen molar-refractivity contribution in [3.05, 3.63) is 22.3 Å². The summed E-state index contributed by atoms with van der Waals surface area (Å²) in [7, 11) is 1.67. The van der Waals surface area contributed by atoms with Crippen LogP contribution in [0.15, 0.2) is 21.7 Å². The highest BCUT2D eigenvalue weighted by Gasteiger charge is 2.32. The average Bonchev–Trinajstić information content (AvgIpc) is 2.82. The molecule has 1 aromatic heterocycles. The average molecular weight is 309 g/mol. The van der Waals surface area contributed by atoms with Crippen LogP contribution in [-0.4, -0.2) is 23.8 Å². The molecular weight excluding hydrogens is 292 g/mol. The number of aromatic nitrogens is 1. The lowest BCUT2D eigenvalue weighted by Gasteiger charge is -2.22. The van der Waals surface area contributed by atoms with E-state index >= 15 is 0 Å². The number of rotatable bonds is 2. The van der Waals surface area contributed by atoms with Gasteiger partial charge in [-0.1, -0.05) is 12.8 Å². The van der Waals surface area contributed by atoms with E-state index in [9.17, 15) is 0 Å². The second-order valence-electron chi connectivity index (χ2n) is 5.10. The molecule has 0 amide bonds. The van der Waals surface area contributed by atoms with Crippen LogP contribution in [0.25, 0.3) is 0 Å². The highest BCUT2D eigenvalue weighted by molar-refractivity contribution is 9.10. The summed E-state index contributed by atoms with van der Waals surface area (Å²) >= 11 is 3.48. The molecule has 1 aliphatic heterocycles. The quantitative estimate of drug-likeness (QED) is 0.836. The first-order valence-corrected chi connectivity index (χ1v) is 7.34. The Morgan fingerprint density at radius 3 is 2.94 bits per heavy atom. The minimum absolute atomic E-state index is 0.539. The fraction of sp³-hybridized carbons (Fsp3) is 0.571. The maximum atomic E-state index is 5.35. The SMILES string of the molecule is COc1ncc(Br)cc1C1=N[C@@H]2CCCC[C@H]2C1. The zero-order valence-electron chi connectivity index (χ0n) is 10.5. The predicted octanol–water partition coefficient (Wildman–Crippen LogP) is 3.60. The van der Waals surface area contributed by atoms with Gasteiger partial charge >= 0.3 is 0 Å². The lowest BCUT2D eigenvalue weighted by atomic mass is 9.84. The lowest BCUT2D eigenvalue weighted by Crippen LogP contribution is -2.18. The van der Waals surface area contributed by atoms with Crippen molar-refractivity contribution < 1.29 is 4.74 Å². The molecule has 96 valence electrons. The predicted molar refractivity (Wildman–Crippen MR) is 75.4 cm³/mol. The second kappa shape index (κ2) is 5.00. The molecule has 0 spiro atoms. The summed E-state index contributed by atoms with van der Waals surface area (Å²) in [6.45, 7) is 0. The third kappa shape index (κ3) is 2.18. The van der Waals surface area contributed by atoms with E-state index in [0.29, 0.717) is 11.9 Å². The van der Waals surface area contributed by atoms with Crippen LogP contribution in [0.1, 0.15) is 37.7 Å². The molecule has 0 aromatic carbocycles. The molecule has 1 saturated carbocycles. The Kier molecular flexibility index (Phi) is 3.37. The Morgan fingerprint density at radius 2 is 2.17 bits per heavy atom. The van der Waals surface area contributed by atoms with Crippen LogP contribution >= 0.6 is 15.9 Å². The number of nitrogens with zero attached hydrogens (tertiary/aromatic N) is 2. The number of hydrogen-bond acceptors (Lipinski definition) is 3. The Morgan fingerprint density at radius 1 is 1.33 bits per heavy atom. The van der Waals surface area contributed by atoms with E-state index in [0.717, 1.165) is 22.4 Å². The van der Waals surface area contributed by atoms with Crippen LogP contribution in [0.5, 0.6) is 5.88 Å². The number of fused-ring (bicyclic) bond motifs is 1. The van der Waals surface area contributed by atoms with Gasteiger partial charge in [-0.2, -0.15) is 0 Å². The molecule has 2 aliphatic rings. The first kappa shape index (κ1) is 12.2. The van der Waals surface area contributed by atoms with Crippen molar-refractivity contribution in [3.8, 4) is 5.88 Å². The van der Waals surface area contributed by atoms with Crippen LogP contribution in [0, 0.1) is 5.92 Å². The maximum absolute atomic E-state index is 5.35. The highest BCUT2D eigenvalue weighted by Crippen LogP contribution is 2.37. The third-order valence-electron chi connectivity index (χ3n) is 3.97. The first-order valence-electron chi connectivity index (χ1n) is 6.54. The molecule has 1 aromatic rings. The maximum Gasteiger partial charge on any atom is 0.222 e. The molecule has 18 heavy (non-hydrogen) atoms. The van der Waals surface area contributed by atoms with E-state index < -0.39 is 0 Å². The molecular formula is C14H17BrN2O. The van der Waals surface area contributed by atoms with E-state index in [1.165, 1.54) is 31.4 Å². The monoisotopic (exact) mass is 308 g/mol. The largest absolute Gasteiger partial charge is 0.481 e. The molecule has 1 fully saturated rings. The van der Waals surface area contributed by atoms with Crippen LogP contribution in [-0.2, 0) is 0 Å². The zero-order chi connectivity index (χ0) is 12.5. The fourth-order valence-electron chi connectivity index (χ4n) is 3.07. The number of pyridine rings is 1. The summed E-state index contributed by atoms with van der Waals surface area (Å²) in [4.78, 5) is 9.21. The van der Waals surface area contributed by atoms with Crippen molar-refractivity contribution >= 4 is 21.6 Å². The summed E-state index contributed by atoms with van der Waals surface area (Å²) < 4.78 is 6.34. The van der Waals surface area contributed by atoms with Crippen molar-refractivity contribution in [2.75, 3.05) is 7.11 Å². The van der Waals surface area contributed by atoms with Gasteiger partial charge in [-0.3, -0.25) is 4.99 Å². The highest BCUT2D eigenvalue weighted by atomic mass is 79.9. The molecule has 3 rings (SSSR count). The summed E-state index contributed by atoms with van der Waals surface area (Å²) in [5.41, 5.74) is 2.24. The molecule has 2 heterocycles. The van der Waals surface area contributed by atoms with Gasteiger partial charge in [0.1, 0.15) is 0 Å². The fourth-order valence-corrected chi connectivity index (χ4v) is 3.40. The lowest BCUT2D eigenvalue weighted by molar-refractivity contribution is 0.337.